The first-order valence-corrected chi connectivity index (χ1v) is 8.07. The first-order valence-electron chi connectivity index (χ1n) is 7.28. The minimum Gasteiger partial charge on any atom is -0.324 e. The number of likely N-dealkylation sites (tertiary alicyclic amines) is 1. The third-order valence-electron chi connectivity index (χ3n) is 3.98. The number of piperidine rings is 1. The topological polar surface area (TPSA) is 29.3 Å². The zero-order valence-corrected chi connectivity index (χ0v) is 13.6. The van der Waals surface area contributed by atoms with Crippen LogP contribution in [0.1, 0.15) is 38.3 Å². The van der Waals surface area contributed by atoms with E-state index in [1.54, 1.807) is 0 Å². The van der Waals surface area contributed by atoms with Crippen molar-refractivity contribution in [2.75, 3.05) is 19.6 Å². The van der Waals surface area contributed by atoms with Crippen molar-refractivity contribution < 1.29 is 0 Å². The average Bonchev–Trinajstić information content (AvgIpc) is 2.35. The molecule has 1 aliphatic rings. The van der Waals surface area contributed by atoms with E-state index >= 15 is 0 Å². The molecule has 2 rings (SSSR count). The Morgan fingerprint density at radius 1 is 1.32 bits per heavy atom. The molecule has 1 saturated heterocycles. The summed E-state index contributed by atoms with van der Waals surface area (Å²) in [4.78, 5) is 2.58. The van der Waals surface area contributed by atoms with Gasteiger partial charge in [0.15, 0.2) is 0 Å². The normalized spacial score (nSPS) is 26.3. The standard InChI is InChI=1S/C16H25BrN2/c1-12-8-13(2)11-19(10-12)7-6-16(18)14-4-3-5-15(17)9-14/h3-5,9,12-13,16H,6-8,10-11,18H2,1-2H3. The van der Waals surface area contributed by atoms with Crippen molar-refractivity contribution in [1.29, 1.82) is 0 Å². The molecule has 0 aromatic heterocycles. The Labute approximate surface area is 125 Å². The average molecular weight is 325 g/mol. The van der Waals surface area contributed by atoms with Gasteiger partial charge in [-0.15, -0.1) is 0 Å². The van der Waals surface area contributed by atoms with E-state index in [0.717, 1.165) is 29.3 Å². The van der Waals surface area contributed by atoms with E-state index in [4.69, 9.17) is 5.73 Å². The van der Waals surface area contributed by atoms with Crippen molar-refractivity contribution in [1.82, 2.24) is 4.90 Å². The van der Waals surface area contributed by atoms with Gasteiger partial charge in [0.2, 0.25) is 0 Å². The summed E-state index contributed by atoms with van der Waals surface area (Å²) in [6.07, 6.45) is 2.41. The highest BCUT2D eigenvalue weighted by Crippen LogP contribution is 2.23. The van der Waals surface area contributed by atoms with Crippen LogP contribution in [0.25, 0.3) is 0 Å². The second-order valence-electron chi connectivity index (χ2n) is 6.16. The Kier molecular flexibility index (Phi) is 5.43. The van der Waals surface area contributed by atoms with Gasteiger partial charge in [-0.2, -0.15) is 0 Å². The zero-order chi connectivity index (χ0) is 13.8. The molecule has 3 unspecified atom stereocenters. The quantitative estimate of drug-likeness (QED) is 0.912. The SMILES string of the molecule is CC1CC(C)CN(CCC(N)c2cccc(Br)c2)C1. The largest absolute Gasteiger partial charge is 0.324 e. The second kappa shape index (κ2) is 6.87. The van der Waals surface area contributed by atoms with Crippen molar-refractivity contribution in [3.05, 3.63) is 34.3 Å². The maximum Gasteiger partial charge on any atom is 0.0307 e. The molecule has 1 heterocycles. The Balaban J connectivity index is 1.84. The summed E-state index contributed by atoms with van der Waals surface area (Å²) < 4.78 is 1.11. The third-order valence-corrected chi connectivity index (χ3v) is 4.47. The van der Waals surface area contributed by atoms with Crippen molar-refractivity contribution >= 4 is 15.9 Å². The molecule has 0 amide bonds. The lowest BCUT2D eigenvalue weighted by molar-refractivity contribution is 0.137. The van der Waals surface area contributed by atoms with Crippen LogP contribution in [-0.4, -0.2) is 24.5 Å². The van der Waals surface area contributed by atoms with Gasteiger partial charge in [-0.3, -0.25) is 0 Å². The molecule has 3 heteroatoms. The van der Waals surface area contributed by atoms with Gasteiger partial charge >= 0.3 is 0 Å². The van der Waals surface area contributed by atoms with E-state index in [-0.39, 0.29) is 6.04 Å². The molecule has 2 N–H and O–H groups in total. The summed E-state index contributed by atoms with van der Waals surface area (Å²) in [6, 6.07) is 8.50. The summed E-state index contributed by atoms with van der Waals surface area (Å²) in [5.74, 6) is 1.65. The molecule has 1 aromatic rings. The maximum absolute atomic E-state index is 6.30. The van der Waals surface area contributed by atoms with Crippen LogP contribution < -0.4 is 5.73 Å². The third kappa shape index (κ3) is 4.59. The van der Waals surface area contributed by atoms with Gasteiger partial charge in [-0.05, 0) is 48.9 Å². The van der Waals surface area contributed by atoms with Crippen LogP contribution in [0, 0.1) is 11.8 Å². The van der Waals surface area contributed by atoms with Crippen LogP contribution >= 0.6 is 15.9 Å². The lowest BCUT2D eigenvalue weighted by Crippen LogP contribution is -2.39. The van der Waals surface area contributed by atoms with Gasteiger partial charge in [0.05, 0.1) is 0 Å². The molecule has 0 bridgehead atoms. The van der Waals surface area contributed by atoms with Gasteiger partial charge in [-0.25, -0.2) is 0 Å². The number of nitrogens with zero attached hydrogens (tertiary/aromatic N) is 1. The molecule has 106 valence electrons. The minimum absolute atomic E-state index is 0.144. The van der Waals surface area contributed by atoms with Crippen LogP contribution in [0.4, 0.5) is 0 Å². The van der Waals surface area contributed by atoms with E-state index in [1.807, 2.05) is 6.07 Å². The predicted octanol–water partition coefficient (Wildman–Crippen LogP) is 3.82. The van der Waals surface area contributed by atoms with Crippen LogP contribution in [0.5, 0.6) is 0 Å². The summed E-state index contributed by atoms with van der Waals surface area (Å²) in [5, 5.41) is 0. The molecule has 19 heavy (non-hydrogen) atoms. The van der Waals surface area contributed by atoms with Gasteiger partial charge in [0.25, 0.3) is 0 Å². The molecule has 0 aliphatic carbocycles. The molecular formula is C16H25BrN2. The Morgan fingerprint density at radius 2 is 2.00 bits per heavy atom. The number of hydrogen-bond acceptors (Lipinski definition) is 2. The number of nitrogens with two attached hydrogens (primary N) is 1. The molecule has 1 aliphatic heterocycles. The Bertz CT molecular complexity index is 397. The molecule has 1 aromatic carbocycles. The number of rotatable bonds is 4. The fraction of sp³-hybridized carbons (Fsp3) is 0.625. The van der Waals surface area contributed by atoms with E-state index in [2.05, 4.69) is 52.9 Å². The van der Waals surface area contributed by atoms with Crippen molar-refractivity contribution in [2.24, 2.45) is 17.6 Å². The van der Waals surface area contributed by atoms with Crippen molar-refractivity contribution in [3.8, 4) is 0 Å². The van der Waals surface area contributed by atoms with Gasteiger partial charge in [-0.1, -0.05) is 41.9 Å². The minimum atomic E-state index is 0.144. The fourth-order valence-corrected chi connectivity index (χ4v) is 3.62. The summed E-state index contributed by atoms with van der Waals surface area (Å²) in [5.41, 5.74) is 7.53. The van der Waals surface area contributed by atoms with Crippen molar-refractivity contribution in [2.45, 2.75) is 32.7 Å². The van der Waals surface area contributed by atoms with E-state index < -0.39 is 0 Å². The first-order chi connectivity index (χ1) is 9.04. The summed E-state index contributed by atoms with van der Waals surface area (Å²) >= 11 is 3.51. The summed E-state index contributed by atoms with van der Waals surface area (Å²) in [6.45, 7) is 8.29. The van der Waals surface area contributed by atoms with Crippen LogP contribution in [0.15, 0.2) is 28.7 Å². The Morgan fingerprint density at radius 3 is 2.63 bits per heavy atom. The fourth-order valence-electron chi connectivity index (χ4n) is 3.20. The number of benzene rings is 1. The lowest BCUT2D eigenvalue weighted by atomic mass is 9.91. The molecule has 1 fully saturated rings. The smallest absolute Gasteiger partial charge is 0.0307 e. The maximum atomic E-state index is 6.30. The molecule has 2 nitrogen and oxygen atoms in total. The molecule has 0 spiro atoms. The second-order valence-corrected chi connectivity index (χ2v) is 7.07. The molecular weight excluding hydrogens is 300 g/mol. The van der Waals surface area contributed by atoms with E-state index in [1.165, 1.54) is 25.1 Å². The van der Waals surface area contributed by atoms with Gasteiger partial charge in [0, 0.05) is 23.6 Å². The van der Waals surface area contributed by atoms with Gasteiger partial charge < -0.3 is 10.6 Å². The molecule has 3 atom stereocenters. The number of hydrogen-bond donors (Lipinski definition) is 1. The van der Waals surface area contributed by atoms with Crippen LogP contribution in [0.2, 0.25) is 0 Å². The monoisotopic (exact) mass is 324 g/mol. The highest BCUT2D eigenvalue weighted by atomic mass is 79.9. The van der Waals surface area contributed by atoms with E-state index in [9.17, 15) is 0 Å². The molecule has 0 radical (unpaired) electrons. The first kappa shape index (κ1) is 15.0. The Hall–Kier alpha value is -0.380. The highest BCUT2D eigenvalue weighted by molar-refractivity contribution is 9.10. The van der Waals surface area contributed by atoms with Crippen LogP contribution in [0.3, 0.4) is 0 Å². The van der Waals surface area contributed by atoms with Gasteiger partial charge in [0.1, 0.15) is 0 Å². The zero-order valence-electron chi connectivity index (χ0n) is 12.0. The lowest BCUT2D eigenvalue weighted by Gasteiger charge is -2.35. The summed E-state index contributed by atoms with van der Waals surface area (Å²) in [7, 11) is 0. The van der Waals surface area contributed by atoms with Crippen LogP contribution in [-0.2, 0) is 0 Å². The predicted molar refractivity (Wildman–Crippen MR) is 85.1 cm³/mol. The number of halogens is 1. The molecule has 0 saturated carbocycles. The van der Waals surface area contributed by atoms with Crippen molar-refractivity contribution in [3.63, 3.8) is 0 Å². The highest BCUT2D eigenvalue weighted by Gasteiger charge is 2.21. The van der Waals surface area contributed by atoms with E-state index in [0.29, 0.717) is 0 Å².